The average Bonchev–Trinajstić information content (AvgIpc) is 2.77. The number of hydrogen-bond acceptors (Lipinski definition) is 4. The third kappa shape index (κ3) is 8.16. The van der Waals surface area contributed by atoms with Gasteiger partial charge < -0.3 is 9.84 Å². The van der Waals surface area contributed by atoms with Crippen LogP contribution in [0.1, 0.15) is 74.4 Å². The molecule has 0 aliphatic carbocycles. The van der Waals surface area contributed by atoms with Crippen LogP contribution in [0.3, 0.4) is 0 Å². The second kappa shape index (κ2) is 12.3. The predicted molar refractivity (Wildman–Crippen MR) is 129 cm³/mol. The van der Waals surface area contributed by atoms with Crippen LogP contribution >= 0.6 is 0 Å². The van der Waals surface area contributed by atoms with Gasteiger partial charge in [0.05, 0.1) is 22.6 Å². The average molecular weight is 516 g/mol. The van der Waals surface area contributed by atoms with Crippen LogP contribution in [0.25, 0.3) is 0 Å². The number of rotatable bonds is 13. The van der Waals surface area contributed by atoms with Gasteiger partial charge in [-0.15, -0.1) is 0 Å². The smallest absolute Gasteiger partial charge is 0.416 e. The molecule has 0 heterocycles. The molecule has 35 heavy (non-hydrogen) atoms. The van der Waals surface area contributed by atoms with E-state index in [4.69, 9.17) is 9.84 Å². The Hall–Kier alpha value is -2.75. The van der Waals surface area contributed by atoms with Gasteiger partial charge in [0.15, 0.2) is 0 Å². The maximum absolute atomic E-state index is 13.4. The van der Waals surface area contributed by atoms with E-state index in [0.29, 0.717) is 12.0 Å². The van der Waals surface area contributed by atoms with Crippen molar-refractivity contribution in [3.63, 3.8) is 0 Å². The first-order valence-electron chi connectivity index (χ1n) is 11.5. The fourth-order valence-electron chi connectivity index (χ4n) is 3.63. The first-order valence-corrected chi connectivity index (χ1v) is 13.2. The summed E-state index contributed by atoms with van der Waals surface area (Å²) in [6.45, 7) is 5.20. The summed E-state index contributed by atoms with van der Waals surface area (Å²) < 4.78 is 73.4. The van der Waals surface area contributed by atoms with Crippen LogP contribution in [0.15, 0.2) is 42.5 Å². The molecule has 0 fully saturated rings. The van der Waals surface area contributed by atoms with Gasteiger partial charge in [-0.2, -0.15) is 13.2 Å². The number of carboxylic acids is 1. The highest BCUT2D eigenvalue weighted by molar-refractivity contribution is 7.92. The highest BCUT2D eigenvalue weighted by Crippen LogP contribution is 2.39. The van der Waals surface area contributed by atoms with Crippen LogP contribution in [-0.4, -0.2) is 31.3 Å². The minimum atomic E-state index is -4.64. The van der Waals surface area contributed by atoms with E-state index in [1.165, 1.54) is 24.3 Å². The van der Waals surface area contributed by atoms with E-state index in [2.05, 4.69) is 6.92 Å². The third-order valence-electron chi connectivity index (χ3n) is 5.39. The van der Waals surface area contributed by atoms with Gasteiger partial charge >= 0.3 is 12.1 Å². The number of halogens is 3. The summed E-state index contributed by atoms with van der Waals surface area (Å²) in [6, 6.07) is 7.91. The standard InChI is InChI=1S/C25H32F3NO5S/c1-4-5-6-7-8-15-35(32,33)29(18(2)3)22-14-13-21(25(26,27)28)16-23(22)34-17-19-9-11-20(12-10-19)24(30)31/h9-14,16,18H,4-8,15,17H2,1-3H3,(H,30,31). The fraction of sp³-hybridized carbons (Fsp3) is 0.480. The highest BCUT2D eigenvalue weighted by atomic mass is 32.2. The lowest BCUT2D eigenvalue weighted by Crippen LogP contribution is -2.39. The van der Waals surface area contributed by atoms with Crippen molar-refractivity contribution in [1.29, 1.82) is 0 Å². The Labute approximate surface area is 204 Å². The molecule has 0 amide bonds. The lowest BCUT2D eigenvalue weighted by molar-refractivity contribution is -0.137. The first-order chi connectivity index (χ1) is 16.4. The van der Waals surface area contributed by atoms with Crippen LogP contribution in [0.5, 0.6) is 5.75 Å². The van der Waals surface area contributed by atoms with Crippen LogP contribution in [0.4, 0.5) is 18.9 Å². The molecule has 0 atom stereocenters. The van der Waals surface area contributed by atoms with Crippen molar-refractivity contribution in [3.05, 3.63) is 59.2 Å². The van der Waals surface area contributed by atoms with E-state index in [1.807, 2.05) is 0 Å². The van der Waals surface area contributed by atoms with E-state index >= 15 is 0 Å². The summed E-state index contributed by atoms with van der Waals surface area (Å²) in [7, 11) is -3.82. The van der Waals surface area contributed by atoms with E-state index in [-0.39, 0.29) is 29.4 Å². The van der Waals surface area contributed by atoms with Gasteiger partial charge in [0.25, 0.3) is 0 Å². The largest absolute Gasteiger partial charge is 0.487 e. The number of ether oxygens (including phenoxy) is 1. The molecular weight excluding hydrogens is 483 g/mol. The quantitative estimate of drug-likeness (QED) is 0.308. The van der Waals surface area contributed by atoms with E-state index in [0.717, 1.165) is 48.2 Å². The minimum absolute atomic E-state index is 0.0312. The zero-order valence-corrected chi connectivity index (χ0v) is 21.0. The molecule has 2 rings (SSSR count). The summed E-state index contributed by atoms with van der Waals surface area (Å²) in [5.41, 5.74) is -0.348. The van der Waals surface area contributed by atoms with Gasteiger partial charge in [-0.05, 0) is 56.2 Å². The number of hydrogen-bond donors (Lipinski definition) is 1. The summed E-state index contributed by atoms with van der Waals surface area (Å²) in [6.07, 6.45) is -0.474. The Balaban J connectivity index is 2.37. The van der Waals surface area contributed by atoms with Crippen LogP contribution in [0, 0.1) is 0 Å². The monoisotopic (exact) mass is 515 g/mol. The molecule has 1 N–H and O–H groups in total. The Morgan fingerprint density at radius 3 is 2.20 bits per heavy atom. The second-order valence-corrected chi connectivity index (χ2v) is 10.6. The van der Waals surface area contributed by atoms with E-state index < -0.39 is 33.8 Å². The maximum atomic E-state index is 13.4. The van der Waals surface area contributed by atoms with Gasteiger partial charge in [0.2, 0.25) is 10.0 Å². The number of nitrogens with zero attached hydrogens (tertiary/aromatic N) is 1. The lowest BCUT2D eigenvalue weighted by Gasteiger charge is -2.30. The third-order valence-corrected chi connectivity index (χ3v) is 7.42. The molecule has 0 aliphatic rings. The minimum Gasteiger partial charge on any atom is -0.487 e. The molecule has 0 unspecified atom stereocenters. The highest BCUT2D eigenvalue weighted by Gasteiger charge is 2.34. The summed E-state index contributed by atoms with van der Waals surface area (Å²) >= 11 is 0. The van der Waals surface area contributed by atoms with Crippen LogP contribution in [-0.2, 0) is 22.8 Å². The van der Waals surface area contributed by atoms with Crippen molar-refractivity contribution in [2.45, 2.75) is 71.7 Å². The molecule has 10 heteroatoms. The molecule has 0 saturated carbocycles. The van der Waals surface area contributed by atoms with Crippen molar-refractivity contribution >= 4 is 21.7 Å². The van der Waals surface area contributed by atoms with Crippen LogP contribution in [0.2, 0.25) is 0 Å². The van der Waals surface area contributed by atoms with Gasteiger partial charge in [-0.3, -0.25) is 4.31 Å². The molecule has 0 radical (unpaired) electrons. The van der Waals surface area contributed by atoms with Crippen molar-refractivity contribution in [2.75, 3.05) is 10.1 Å². The van der Waals surface area contributed by atoms with E-state index in [9.17, 15) is 26.4 Å². The van der Waals surface area contributed by atoms with Crippen molar-refractivity contribution in [2.24, 2.45) is 0 Å². The Morgan fingerprint density at radius 2 is 1.66 bits per heavy atom. The van der Waals surface area contributed by atoms with Gasteiger partial charge in [0.1, 0.15) is 12.4 Å². The van der Waals surface area contributed by atoms with Crippen molar-refractivity contribution in [1.82, 2.24) is 0 Å². The molecule has 0 aromatic heterocycles. The Morgan fingerprint density at radius 1 is 1.03 bits per heavy atom. The Kier molecular flexibility index (Phi) is 10.00. The summed E-state index contributed by atoms with van der Waals surface area (Å²) in [5, 5.41) is 9.02. The first kappa shape index (κ1) is 28.5. The number of carboxylic acid groups (broad SMARTS) is 1. The summed E-state index contributed by atoms with van der Waals surface area (Å²) in [5.74, 6) is -1.44. The molecular formula is C25H32F3NO5S. The maximum Gasteiger partial charge on any atom is 0.416 e. The number of aromatic carboxylic acids is 1. The SMILES string of the molecule is CCCCCCCS(=O)(=O)N(c1ccc(C(F)(F)F)cc1OCc1ccc(C(=O)O)cc1)C(C)C. The number of alkyl halides is 3. The number of benzene rings is 2. The topological polar surface area (TPSA) is 83.9 Å². The van der Waals surface area contributed by atoms with E-state index in [1.54, 1.807) is 13.8 Å². The molecule has 6 nitrogen and oxygen atoms in total. The zero-order valence-electron chi connectivity index (χ0n) is 20.1. The number of unbranched alkanes of at least 4 members (excludes halogenated alkanes) is 4. The lowest BCUT2D eigenvalue weighted by atomic mass is 10.1. The van der Waals surface area contributed by atoms with Gasteiger partial charge in [-0.1, -0.05) is 44.7 Å². The molecule has 0 saturated heterocycles. The molecule has 194 valence electrons. The number of sulfonamides is 1. The zero-order chi connectivity index (χ0) is 26.2. The van der Waals surface area contributed by atoms with Gasteiger partial charge in [0, 0.05) is 6.04 Å². The number of carbonyl (C=O) groups is 1. The molecule has 0 bridgehead atoms. The molecule has 2 aromatic carbocycles. The van der Waals surface area contributed by atoms with Crippen molar-refractivity contribution < 1.29 is 36.2 Å². The molecule has 2 aromatic rings. The van der Waals surface area contributed by atoms with Crippen LogP contribution < -0.4 is 9.04 Å². The van der Waals surface area contributed by atoms with Crippen molar-refractivity contribution in [3.8, 4) is 5.75 Å². The fourth-order valence-corrected chi connectivity index (χ4v) is 5.49. The second-order valence-electron chi connectivity index (χ2n) is 8.59. The van der Waals surface area contributed by atoms with Gasteiger partial charge in [-0.25, -0.2) is 13.2 Å². The summed E-state index contributed by atoms with van der Waals surface area (Å²) in [4.78, 5) is 11.0. The normalized spacial score (nSPS) is 12.1. The Bertz CT molecular complexity index is 1080. The molecule has 0 spiro atoms. The number of anilines is 1. The molecule has 0 aliphatic heterocycles. The predicted octanol–water partition coefficient (Wildman–Crippen LogP) is 6.50.